The summed E-state index contributed by atoms with van der Waals surface area (Å²) in [4.78, 5) is 0. The fraction of sp³-hybridized carbons (Fsp3) is 0.600. The van der Waals surface area contributed by atoms with Gasteiger partial charge in [0.15, 0.2) is 0 Å². The van der Waals surface area contributed by atoms with Crippen molar-refractivity contribution in [1.29, 1.82) is 0 Å². The lowest BCUT2D eigenvalue weighted by Gasteiger charge is -2.41. The van der Waals surface area contributed by atoms with Gasteiger partial charge < -0.3 is 5.73 Å². The van der Waals surface area contributed by atoms with Crippen molar-refractivity contribution >= 4 is 11.6 Å². The van der Waals surface area contributed by atoms with Crippen LogP contribution in [0.15, 0.2) is 24.3 Å². The first-order valence-corrected chi connectivity index (χ1v) is 7.49. The highest BCUT2D eigenvalue weighted by Gasteiger charge is 2.26. The van der Waals surface area contributed by atoms with Gasteiger partial charge in [-0.3, -0.25) is 0 Å². The molecule has 1 aromatic rings. The van der Waals surface area contributed by atoms with Gasteiger partial charge in [-0.25, -0.2) is 10.4 Å². The smallest absolute Gasteiger partial charge is 0.0587 e. The van der Waals surface area contributed by atoms with E-state index in [0.29, 0.717) is 18.6 Å². The molecule has 0 bridgehead atoms. The van der Waals surface area contributed by atoms with E-state index < -0.39 is 0 Å². The van der Waals surface area contributed by atoms with Crippen molar-refractivity contribution in [3.05, 3.63) is 34.9 Å². The van der Waals surface area contributed by atoms with E-state index in [1.807, 2.05) is 24.3 Å². The topological polar surface area (TPSA) is 41.3 Å². The highest BCUT2D eigenvalue weighted by atomic mass is 35.5. The molecular formula is C15H24ClN3. The minimum Gasteiger partial charge on any atom is -0.329 e. The van der Waals surface area contributed by atoms with Crippen LogP contribution in [0.1, 0.15) is 44.7 Å². The first kappa shape index (κ1) is 14.8. The lowest BCUT2D eigenvalue weighted by atomic mass is 9.99. The molecular weight excluding hydrogens is 258 g/mol. The van der Waals surface area contributed by atoms with Crippen molar-refractivity contribution < 1.29 is 0 Å². The molecule has 1 fully saturated rings. The van der Waals surface area contributed by atoms with E-state index in [-0.39, 0.29) is 6.04 Å². The summed E-state index contributed by atoms with van der Waals surface area (Å²) in [6, 6.07) is 9.21. The number of halogens is 1. The molecule has 3 nitrogen and oxygen atoms in total. The van der Waals surface area contributed by atoms with Crippen LogP contribution in [-0.4, -0.2) is 23.6 Å². The molecule has 0 aliphatic carbocycles. The van der Waals surface area contributed by atoms with Crippen LogP contribution in [0.4, 0.5) is 0 Å². The summed E-state index contributed by atoms with van der Waals surface area (Å²) in [6.07, 6.45) is 3.80. The van der Waals surface area contributed by atoms with E-state index in [4.69, 9.17) is 17.3 Å². The van der Waals surface area contributed by atoms with Crippen molar-refractivity contribution in [2.24, 2.45) is 5.73 Å². The van der Waals surface area contributed by atoms with Crippen molar-refractivity contribution in [1.82, 2.24) is 10.4 Å². The monoisotopic (exact) mass is 281 g/mol. The molecule has 2 rings (SSSR count). The Balaban J connectivity index is 2.07. The summed E-state index contributed by atoms with van der Waals surface area (Å²) in [6.45, 7) is 5.13. The lowest BCUT2D eigenvalue weighted by molar-refractivity contribution is 0.0304. The number of hydrazine groups is 1. The van der Waals surface area contributed by atoms with Crippen molar-refractivity contribution in [2.45, 2.75) is 51.2 Å². The molecule has 1 saturated heterocycles. The summed E-state index contributed by atoms with van der Waals surface area (Å²) >= 11 is 5.94. The normalized spacial score (nSPS) is 26.3. The van der Waals surface area contributed by atoms with Gasteiger partial charge in [-0.15, -0.1) is 0 Å². The number of nitrogens with zero attached hydrogens (tertiary/aromatic N) is 1. The molecule has 0 radical (unpaired) electrons. The Hall–Kier alpha value is -0.610. The Morgan fingerprint density at radius 3 is 2.37 bits per heavy atom. The van der Waals surface area contributed by atoms with Gasteiger partial charge in [-0.1, -0.05) is 30.2 Å². The fourth-order valence-corrected chi connectivity index (χ4v) is 2.94. The van der Waals surface area contributed by atoms with Crippen LogP contribution in [0.25, 0.3) is 0 Å². The molecule has 1 heterocycles. The molecule has 0 aromatic heterocycles. The van der Waals surface area contributed by atoms with Crippen LogP contribution in [0.5, 0.6) is 0 Å². The minimum atomic E-state index is 0.153. The molecule has 0 amide bonds. The van der Waals surface area contributed by atoms with E-state index >= 15 is 0 Å². The van der Waals surface area contributed by atoms with Gasteiger partial charge in [0.2, 0.25) is 0 Å². The Labute approximate surface area is 121 Å². The van der Waals surface area contributed by atoms with Crippen LogP contribution >= 0.6 is 11.6 Å². The molecule has 3 N–H and O–H groups in total. The van der Waals surface area contributed by atoms with Gasteiger partial charge in [0, 0.05) is 23.7 Å². The molecule has 4 heteroatoms. The molecule has 1 aromatic carbocycles. The summed E-state index contributed by atoms with van der Waals surface area (Å²) in [5.74, 6) is 0. The Kier molecular flexibility index (Phi) is 5.22. The maximum Gasteiger partial charge on any atom is 0.0587 e. The van der Waals surface area contributed by atoms with E-state index in [0.717, 1.165) is 5.02 Å². The first-order chi connectivity index (χ1) is 9.11. The molecule has 0 spiro atoms. The van der Waals surface area contributed by atoms with Gasteiger partial charge >= 0.3 is 0 Å². The summed E-state index contributed by atoms with van der Waals surface area (Å²) < 4.78 is 0. The second-order valence-corrected chi connectivity index (χ2v) is 5.94. The van der Waals surface area contributed by atoms with Gasteiger partial charge in [-0.05, 0) is 44.4 Å². The molecule has 0 saturated carbocycles. The third-order valence-electron chi connectivity index (χ3n) is 4.01. The van der Waals surface area contributed by atoms with Gasteiger partial charge in [0.05, 0.1) is 6.04 Å². The number of nitrogens with one attached hydrogen (secondary N) is 1. The Bertz CT molecular complexity index is 383. The second-order valence-electron chi connectivity index (χ2n) is 5.51. The zero-order valence-corrected chi connectivity index (χ0v) is 12.5. The van der Waals surface area contributed by atoms with Crippen LogP contribution < -0.4 is 11.2 Å². The number of nitrogens with two attached hydrogens (primary N) is 1. The highest BCUT2D eigenvalue weighted by molar-refractivity contribution is 6.30. The average molecular weight is 282 g/mol. The second kappa shape index (κ2) is 6.71. The van der Waals surface area contributed by atoms with Gasteiger partial charge in [-0.2, -0.15) is 0 Å². The largest absolute Gasteiger partial charge is 0.329 e. The minimum absolute atomic E-state index is 0.153. The molecule has 1 aliphatic rings. The highest BCUT2D eigenvalue weighted by Crippen LogP contribution is 2.23. The average Bonchev–Trinajstić information content (AvgIpc) is 2.40. The quantitative estimate of drug-likeness (QED) is 0.891. The third-order valence-corrected chi connectivity index (χ3v) is 4.26. The van der Waals surface area contributed by atoms with E-state index in [1.54, 1.807) is 0 Å². The predicted octanol–water partition coefficient (Wildman–Crippen LogP) is 3.11. The number of benzene rings is 1. The van der Waals surface area contributed by atoms with Crippen molar-refractivity contribution in [2.75, 3.05) is 6.54 Å². The third kappa shape index (κ3) is 3.69. The molecule has 1 aliphatic heterocycles. The Morgan fingerprint density at radius 1 is 1.26 bits per heavy atom. The van der Waals surface area contributed by atoms with Crippen LogP contribution in [0.3, 0.4) is 0 Å². The Morgan fingerprint density at radius 2 is 1.84 bits per heavy atom. The summed E-state index contributed by atoms with van der Waals surface area (Å²) in [7, 11) is 0. The van der Waals surface area contributed by atoms with E-state index in [1.165, 1.54) is 24.8 Å². The molecule has 3 atom stereocenters. The summed E-state index contributed by atoms with van der Waals surface area (Å²) in [5.41, 5.74) is 10.7. The van der Waals surface area contributed by atoms with Crippen LogP contribution in [0.2, 0.25) is 5.02 Å². The predicted molar refractivity (Wildman–Crippen MR) is 81.0 cm³/mol. The fourth-order valence-electron chi connectivity index (χ4n) is 2.81. The molecule has 19 heavy (non-hydrogen) atoms. The number of piperidine rings is 1. The van der Waals surface area contributed by atoms with Crippen molar-refractivity contribution in [3.63, 3.8) is 0 Å². The number of hydrogen-bond donors (Lipinski definition) is 2. The van der Waals surface area contributed by atoms with Gasteiger partial charge in [0.25, 0.3) is 0 Å². The standard InChI is InChI=1S/C15H24ClN3/c1-11-4-3-5-12(2)19(11)18-15(10-17)13-6-8-14(16)9-7-13/h6-9,11-12,15,18H,3-5,10,17H2,1-2H3. The zero-order valence-electron chi connectivity index (χ0n) is 11.8. The number of hydrogen-bond acceptors (Lipinski definition) is 3. The van der Waals surface area contributed by atoms with Crippen molar-refractivity contribution in [3.8, 4) is 0 Å². The summed E-state index contributed by atoms with van der Waals surface area (Å²) in [5, 5.41) is 3.13. The maximum absolute atomic E-state index is 5.94. The molecule has 3 unspecified atom stereocenters. The van der Waals surface area contributed by atoms with E-state index in [9.17, 15) is 0 Å². The SMILES string of the molecule is CC1CCCC(C)N1NC(CN)c1ccc(Cl)cc1. The van der Waals surface area contributed by atoms with E-state index in [2.05, 4.69) is 24.3 Å². The zero-order chi connectivity index (χ0) is 13.8. The lowest BCUT2D eigenvalue weighted by Crippen LogP contribution is -2.54. The maximum atomic E-state index is 5.94. The van der Waals surface area contributed by atoms with Crippen LogP contribution in [-0.2, 0) is 0 Å². The molecule has 106 valence electrons. The van der Waals surface area contributed by atoms with Gasteiger partial charge in [0.1, 0.15) is 0 Å². The van der Waals surface area contributed by atoms with Crippen LogP contribution in [0, 0.1) is 0 Å². The number of rotatable bonds is 4. The first-order valence-electron chi connectivity index (χ1n) is 7.12.